The minimum absolute atomic E-state index is 0.0784. The summed E-state index contributed by atoms with van der Waals surface area (Å²) in [6.07, 6.45) is 0.574. The summed E-state index contributed by atoms with van der Waals surface area (Å²) in [6.45, 7) is 0.594. The molecule has 0 fully saturated rings. The normalized spacial score (nSPS) is 9.84. The van der Waals surface area contributed by atoms with E-state index < -0.39 is 0 Å². The minimum atomic E-state index is -0.301. The highest BCUT2D eigenvalue weighted by Crippen LogP contribution is 2.25. The Morgan fingerprint density at radius 2 is 2.26 bits per heavy atom. The number of nitrogens with one attached hydrogen (secondary N) is 2. The van der Waals surface area contributed by atoms with Crippen molar-refractivity contribution in [2.24, 2.45) is 0 Å². The second-order valence-corrected chi connectivity index (χ2v) is 4.90. The lowest BCUT2D eigenvalue weighted by atomic mass is 10.2. The van der Waals surface area contributed by atoms with Crippen LogP contribution in [0.2, 0.25) is 0 Å². The summed E-state index contributed by atoms with van der Waals surface area (Å²) in [7, 11) is 1.56. The van der Waals surface area contributed by atoms with Crippen molar-refractivity contribution in [3.05, 3.63) is 28.2 Å². The Kier molecular flexibility index (Phi) is 6.75. The zero-order chi connectivity index (χ0) is 14.3. The number of benzene rings is 1. The highest BCUT2D eigenvalue weighted by Gasteiger charge is 2.10. The molecule has 1 aromatic carbocycles. The highest BCUT2D eigenvalue weighted by atomic mass is 79.9. The Bertz CT molecular complexity index is 468. The van der Waals surface area contributed by atoms with Crippen LogP contribution in [0.5, 0.6) is 5.75 Å². The van der Waals surface area contributed by atoms with Crippen molar-refractivity contribution in [1.82, 2.24) is 10.6 Å². The van der Waals surface area contributed by atoms with Crippen LogP contribution in [0.25, 0.3) is 0 Å². The molecule has 1 aromatic rings. The standard InChI is InChI=1S/C12H15BrN2O3S/c1-18-10-4-3-8(7-9(10)13)11(17)15-12(19)14-5-2-6-16/h3-4,7,16H,2,5-6H2,1H3,(H2,14,15,17,19). The first kappa shape index (κ1) is 15.9. The Morgan fingerprint density at radius 3 is 2.84 bits per heavy atom. The Labute approximate surface area is 125 Å². The summed E-state index contributed by atoms with van der Waals surface area (Å²) in [4.78, 5) is 11.9. The van der Waals surface area contributed by atoms with Crippen molar-refractivity contribution in [1.29, 1.82) is 0 Å². The average molecular weight is 347 g/mol. The van der Waals surface area contributed by atoms with E-state index in [1.165, 1.54) is 0 Å². The third kappa shape index (κ3) is 5.14. The summed E-state index contributed by atoms with van der Waals surface area (Å²) in [5.41, 5.74) is 0.471. The van der Waals surface area contributed by atoms with Gasteiger partial charge in [-0.15, -0.1) is 0 Å². The van der Waals surface area contributed by atoms with Gasteiger partial charge in [0.2, 0.25) is 0 Å². The molecule has 0 atom stereocenters. The molecular weight excluding hydrogens is 332 g/mol. The lowest BCUT2D eigenvalue weighted by Crippen LogP contribution is -2.39. The van der Waals surface area contributed by atoms with Gasteiger partial charge in [-0.1, -0.05) is 0 Å². The van der Waals surface area contributed by atoms with E-state index in [-0.39, 0.29) is 17.6 Å². The average Bonchev–Trinajstić information content (AvgIpc) is 2.38. The molecule has 0 aliphatic rings. The van der Waals surface area contributed by atoms with Crippen LogP contribution in [0.1, 0.15) is 16.8 Å². The molecule has 104 valence electrons. The SMILES string of the molecule is COc1ccc(C(=O)NC(=S)NCCCO)cc1Br. The maximum atomic E-state index is 11.9. The van der Waals surface area contributed by atoms with Crippen LogP contribution in [0.4, 0.5) is 0 Å². The van der Waals surface area contributed by atoms with Gasteiger partial charge in [0.15, 0.2) is 5.11 Å². The molecule has 1 rings (SSSR count). The van der Waals surface area contributed by atoms with Gasteiger partial charge in [0, 0.05) is 18.7 Å². The van der Waals surface area contributed by atoms with Crippen molar-refractivity contribution in [3.8, 4) is 5.75 Å². The third-order valence-corrected chi connectivity index (χ3v) is 3.13. The van der Waals surface area contributed by atoms with Crippen molar-refractivity contribution in [2.75, 3.05) is 20.3 Å². The lowest BCUT2D eigenvalue weighted by molar-refractivity contribution is 0.0976. The molecule has 0 unspecified atom stereocenters. The van der Waals surface area contributed by atoms with Crippen LogP contribution in [-0.2, 0) is 0 Å². The number of hydrogen-bond acceptors (Lipinski definition) is 4. The van der Waals surface area contributed by atoms with Gasteiger partial charge in [0.25, 0.3) is 5.91 Å². The first-order valence-electron chi connectivity index (χ1n) is 5.62. The van der Waals surface area contributed by atoms with Crippen molar-refractivity contribution >= 4 is 39.2 Å². The lowest BCUT2D eigenvalue weighted by Gasteiger charge is -2.10. The van der Waals surface area contributed by atoms with E-state index in [4.69, 9.17) is 22.1 Å². The topological polar surface area (TPSA) is 70.6 Å². The van der Waals surface area contributed by atoms with Gasteiger partial charge in [0.05, 0.1) is 11.6 Å². The number of rotatable bonds is 5. The van der Waals surface area contributed by atoms with Crippen molar-refractivity contribution in [2.45, 2.75) is 6.42 Å². The molecule has 19 heavy (non-hydrogen) atoms. The van der Waals surface area contributed by atoms with Gasteiger partial charge in [0.1, 0.15) is 5.75 Å². The van der Waals surface area contributed by atoms with E-state index in [1.807, 2.05) is 0 Å². The molecule has 0 spiro atoms. The molecule has 0 saturated heterocycles. The van der Waals surface area contributed by atoms with E-state index in [1.54, 1.807) is 25.3 Å². The Morgan fingerprint density at radius 1 is 1.53 bits per heavy atom. The first-order valence-corrected chi connectivity index (χ1v) is 6.82. The molecule has 0 bridgehead atoms. The zero-order valence-electron chi connectivity index (χ0n) is 10.4. The fraction of sp³-hybridized carbons (Fsp3) is 0.333. The number of halogens is 1. The largest absolute Gasteiger partial charge is 0.496 e. The fourth-order valence-corrected chi connectivity index (χ4v) is 2.04. The van der Waals surface area contributed by atoms with Crippen LogP contribution in [0.15, 0.2) is 22.7 Å². The maximum Gasteiger partial charge on any atom is 0.257 e. The molecule has 1 amide bonds. The Balaban J connectivity index is 2.58. The fourth-order valence-electron chi connectivity index (χ4n) is 1.31. The number of carbonyl (C=O) groups excluding carboxylic acids is 1. The van der Waals surface area contributed by atoms with E-state index in [0.717, 1.165) is 0 Å². The van der Waals surface area contributed by atoms with Crippen LogP contribution >= 0.6 is 28.1 Å². The molecule has 3 N–H and O–H groups in total. The van der Waals surface area contributed by atoms with Gasteiger partial charge < -0.3 is 15.2 Å². The van der Waals surface area contributed by atoms with Crippen LogP contribution in [-0.4, -0.2) is 36.4 Å². The van der Waals surface area contributed by atoms with E-state index in [0.29, 0.717) is 28.8 Å². The molecule has 5 nitrogen and oxygen atoms in total. The first-order chi connectivity index (χ1) is 9.08. The third-order valence-electron chi connectivity index (χ3n) is 2.26. The van der Waals surface area contributed by atoms with Crippen LogP contribution in [0, 0.1) is 0 Å². The highest BCUT2D eigenvalue weighted by molar-refractivity contribution is 9.10. The molecule has 0 radical (unpaired) electrons. The van der Waals surface area contributed by atoms with E-state index in [2.05, 4.69) is 26.6 Å². The maximum absolute atomic E-state index is 11.9. The predicted octanol–water partition coefficient (Wildman–Crippen LogP) is 1.44. The van der Waals surface area contributed by atoms with E-state index >= 15 is 0 Å². The zero-order valence-corrected chi connectivity index (χ0v) is 12.8. The molecule has 0 saturated carbocycles. The molecule has 0 aliphatic carbocycles. The van der Waals surface area contributed by atoms with Crippen LogP contribution in [0.3, 0.4) is 0 Å². The number of hydrogen-bond donors (Lipinski definition) is 3. The summed E-state index contributed by atoms with van der Waals surface area (Å²) in [5, 5.41) is 14.3. The summed E-state index contributed by atoms with van der Waals surface area (Å²) in [6, 6.07) is 5.00. The predicted molar refractivity (Wildman–Crippen MR) is 80.5 cm³/mol. The number of aliphatic hydroxyl groups excluding tert-OH is 1. The van der Waals surface area contributed by atoms with Gasteiger partial charge in [-0.2, -0.15) is 0 Å². The number of aliphatic hydroxyl groups is 1. The molecule has 0 heterocycles. The second-order valence-electron chi connectivity index (χ2n) is 3.64. The summed E-state index contributed by atoms with van der Waals surface area (Å²) < 4.78 is 5.78. The molecule has 7 heteroatoms. The smallest absolute Gasteiger partial charge is 0.257 e. The number of thiocarbonyl (C=S) groups is 1. The molecular formula is C12H15BrN2O3S. The van der Waals surface area contributed by atoms with E-state index in [9.17, 15) is 4.79 Å². The van der Waals surface area contributed by atoms with Crippen molar-refractivity contribution < 1.29 is 14.6 Å². The van der Waals surface area contributed by atoms with Gasteiger partial charge >= 0.3 is 0 Å². The van der Waals surface area contributed by atoms with Gasteiger partial charge in [-0.05, 0) is 52.8 Å². The molecule has 0 aliphatic heterocycles. The quantitative estimate of drug-likeness (QED) is 0.556. The number of ether oxygens (including phenoxy) is 1. The summed E-state index contributed by atoms with van der Waals surface area (Å²) in [5.74, 6) is 0.352. The van der Waals surface area contributed by atoms with Crippen LogP contribution < -0.4 is 15.4 Å². The minimum Gasteiger partial charge on any atom is -0.496 e. The Hall–Kier alpha value is -1.18. The number of carbonyl (C=O) groups is 1. The monoisotopic (exact) mass is 346 g/mol. The number of methoxy groups -OCH3 is 1. The van der Waals surface area contributed by atoms with Crippen molar-refractivity contribution in [3.63, 3.8) is 0 Å². The van der Waals surface area contributed by atoms with Gasteiger partial charge in [-0.3, -0.25) is 10.1 Å². The second kappa shape index (κ2) is 8.08. The summed E-state index contributed by atoms with van der Waals surface area (Å²) >= 11 is 8.28. The van der Waals surface area contributed by atoms with Gasteiger partial charge in [-0.25, -0.2) is 0 Å². The number of amides is 1. The molecule has 0 aromatic heterocycles.